The van der Waals surface area contributed by atoms with Crippen molar-refractivity contribution in [3.8, 4) is 5.75 Å². The monoisotopic (exact) mass is 568 g/mol. The third-order valence-electron chi connectivity index (χ3n) is 8.12. The van der Waals surface area contributed by atoms with Crippen molar-refractivity contribution < 1.29 is 39.8 Å². The number of hydrogen-bond donors (Lipinski definition) is 7. The summed E-state index contributed by atoms with van der Waals surface area (Å²) in [6.07, 6.45) is -6.13. The maximum atomic E-state index is 12.2. The van der Waals surface area contributed by atoms with Gasteiger partial charge in [-0.05, 0) is 65.6 Å². The number of aryl methyl sites for hydroxylation is 2. The number of aromatic nitrogens is 1. The molecule has 0 amide bonds. The van der Waals surface area contributed by atoms with E-state index in [1.807, 2.05) is 0 Å². The molecule has 0 radical (unpaired) electrons. The van der Waals surface area contributed by atoms with Crippen molar-refractivity contribution in [3.05, 3.63) is 74.6 Å². The number of pyridine rings is 1. The lowest BCUT2D eigenvalue weighted by Crippen LogP contribution is -2.61. The third-order valence-corrected chi connectivity index (χ3v) is 8.12. The summed E-state index contributed by atoms with van der Waals surface area (Å²) in [5.74, 6) is -1.51. The number of rotatable bonds is 9. The summed E-state index contributed by atoms with van der Waals surface area (Å²) < 4.78 is 10.9. The summed E-state index contributed by atoms with van der Waals surface area (Å²) in [7, 11) is 0. The van der Waals surface area contributed by atoms with Gasteiger partial charge in [-0.25, -0.2) is 4.79 Å². The summed E-state index contributed by atoms with van der Waals surface area (Å²) in [5.41, 5.74) is 5.71. The van der Waals surface area contributed by atoms with Crippen LogP contribution in [0.15, 0.2) is 41.2 Å². The Morgan fingerprint density at radius 2 is 1.68 bits per heavy atom. The Hall–Kier alpha value is -3.32. The number of carbonyl (C=O) groups is 1. The molecule has 41 heavy (non-hydrogen) atoms. The number of carboxylic acids is 1. The maximum Gasteiger partial charge on any atom is 0.335 e. The smallest absolute Gasteiger partial charge is 0.335 e. The molecule has 1 saturated heterocycles. The summed E-state index contributed by atoms with van der Waals surface area (Å²) >= 11 is 0. The van der Waals surface area contributed by atoms with Crippen LogP contribution in [0.3, 0.4) is 0 Å². The standard InChI is InChI=1S/C30H36N2O9/c1-3-14-9-16-11-18(12-17(16)10-15(14)4-2)31-13-21(33)19-5-7-22(24-20(19)6-8-23(34)32-24)40-30-27(37)25(35)26(36)28(41-30)29(38)39/h5-10,18,21,25-28,30-31,33,35-37H,3-4,11-13H2,1-2H3,(H,32,34)(H,38,39)/t21-,25-,26-,27+,28-,30+/m0/s1. The Morgan fingerprint density at radius 3 is 2.29 bits per heavy atom. The first-order valence-corrected chi connectivity index (χ1v) is 13.9. The number of aromatic amines is 1. The molecule has 0 bridgehead atoms. The minimum absolute atomic E-state index is 0.0306. The van der Waals surface area contributed by atoms with Crippen LogP contribution in [0.1, 0.15) is 47.8 Å². The maximum absolute atomic E-state index is 12.2. The molecule has 6 atom stereocenters. The molecule has 1 aliphatic carbocycles. The minimum Gasteiger partial charge on any atom is -0.479 e. The number of fused-ring (bicyclic) bond motifs is 2. The number of hydrogen-bond acceptors (Lipinski definition) is 9. The lowest BCUT2D eigenvalue weighted by atomic mass is 9.97. The van der Waals surface area contributed by atoms with Crippen LogP contribution in [0.4, 0.5) is 0 Å². The van der Waals surface area contributed by atoms with E-state index < -0.39 is 48.3 Å². The molecule has 5 rings (SSSR count). The molecule has 11 heteroatoms. The quantitative estimate of drug-likeness (QED) is 0.194. The molecule has 1 aromatic heterocycles. The highest BCUT2D eigenvalue weighted by molar-refractivity contribution is 5.87. The van der Waals surface area contributed by atoms with Gasteiger partial charge in [-0.2, -0.15) is 0 Å². The second-order valence-electron chi connectivity index (χ2n) is 10.7. The van der Waals surface area contributed by atoms with E-state index in [0.29, 0.717) is 10.9 Å². The summed E-state index contributed by atoms with van der Waals surface area (Å²) in [4.78, 5) is 26.3. The van der Waals surface area contributed by atoms with Crippen molar-refractivity contribution >= 4 is 16.9 Å². The molecule has 2 aromatic carbocycles. The Bertz CT molecular complexity index is 1460. The molecule has 0 spiro atoms. The molecule has 0 saturated carbocycles. The van der Waals surface area contributed by atoms with Crippen LogP contribution in [0.5, 0.6) is 5.75 Å². The van der Waals surface area contributed by atoms with Crippen molar-refractivity contribution in [2.24, 2.45) is 0 Å². The van der Waals surface area contributed by atoms with Crippen LogP contribution in [0.25, 0.3) is 10.9 Å². The Balaban J connectivity index is 1.33. The zero-order chi connectivity index (χ0) is 29.4. The van der Waals surface area contributed by atoms with Gasteiger partial charge in [0.25, 0.3) is 0 Å². The number of aliphatic hydroxyl groups excluding tert-OH is 4. The van der Waals surface area contributed by atoms with Crippen LogP contribution < -0.4 is 15.6 Å². The predicted molar refractivity (Wildman–Crippen MR) is 149 cm³/mol. The fourth-order valence-corrected chi connectivity index (χ4v) is 5.88. The molecule has 2 heterocycles. The van der Waals surface area contributed by atoms with Crippen LogP contribution in [0.2, 0.25) is 0 Å². The largest absolute Gasteiger partial charge is 0.479 e. The summed E-state index contributed by atoms with van der Waals surface area (Å²) in [6, 6.07) is 10.7. The van der Waals surface area contributed by atoms with Crippen molar-refractivity contribution in [2.75, 3.05) is 6.54 Å². The van der Waals surface area contributed by atoms with Crippen molar-refractivity contribution in [1.29, 1.82) is 0 Å². The number of ether oxygens (including phenoxy) is 2. The van der Waals surface area contributed by atoms with Crippen LogP contribution in [-0.4, -0.2) is 79.8 Å². The van der Waals surface area contributed by atoms with E-state index in [1.165, 1.54) is 34.4 Å². The molecular formula is C30H36N2O9. The number of aliphatic carboxylic acids is 1. The molecular weight excluding hydrogens is 532 g/mol. The molecule has 2 aliphatic rings. The van der Waals surface area contributed by atoms with Crippen LogP contribution in [-0.2, 0) is 35.2 Å². The first-order chi connectivity index (χ1) is 19.6. The van der Waals surface area contributed by atoms with Gasteiger partial charge in [0.2, 0.25) is 11.8 Å². The summed E-state index contributed by atoms with van der Waals surface area (Å²) in [5, 5.41) is 54.9. The zero-order valence-corrected chi connectivity index (χ0v) is 22.9. The SMILES string of the molecule is CCc1cc2c(cc1CC)CC(NC[C@H](O)c1ccc(O[C@@H]3O[C@H](C(=O)O)[C@@H](O)[C@H](O)[C@H]3O)c3[nH]c(=O)ccc13)C2. The van der Waals surface area contributed by atoms with E-state index in [0.717, 1.165) is 25.7 Å². The average Bonchev–Trinajstić information content (AvgIpc) is 3.36. The van der Waals surface area contributed by atoms with Gasteiger partial charge in [0.05, 0.1) is 11.6 Å². The topological polar surface area (TPSA) is 182 Å². The number of benzene rings is 2. The van der Waals surface area contributed by atoms with Gasteiger partial charge in [-0.3, -0.25) is 4.79 Å². The van der Waals surface area contributed by atoms with Crippen molar-refractivity contribution in [1.82, 2.24) is 10.3 Å². The Labute approximate surface area is 236 Å². The van der Waals surface area contributed by atoms with E-state index >= 15 is 0 Å². The lowest BCUT2D eigenvalue weighted by Gasteiger charge is -2.38. The van der Waals surface area contributed by atoms with Crippen LogP contribution >= 0.6 is 0 Å². The van der Waals surface area contributed by atoms with Gasteiger partial charge in [0.15, 0.2) is 6.10 Å². The Kier molecular flexibility index (Phi) is 8.46. The van der Waals surface area contributed by atoms with Crippen LogP contribution in [0, 0.1) is 0 Å². The second kappa shape index (κ2) is 11.9. The minimum atomic E-state index is -1.86. The van der Waals surface area contributed by atoms with Gasteiger partial charge < -0.3 is 45.3 Å². The van der Waals surface area contributed by atoms with Gasteiger partial charge >= 0.3 is 5.97 Å². The predicted octanol–water partition coefficient (Wildman–Crippen LogP) is 0.714. The van der Waals surface area contributed by atoms with Crippen molar-refractivity contribution in [2.45, 2.75) is 82.4 Å². The number of carboxylic acid groups (broad SMARTS) is 1. The van der Waals surface area contributed by atoms with Gasteiger partial charge in [0.1, 0.15) is 24.1 Å². The Morgan fingerprint density at radius 1 is 1.02 bits per heavy atom. The number of aliphatic hydroxyl groups is 4. The number of H-pyrrole nitrogens is 1. The molecule has 0 unspecified atom stereocenters. The first-order valence-electron chi connectivity index (χ1n) is 13.9. The first kappa shape index (κ1) is 29.2. The average molecular weight is 569 g/mol. The fourth-order valence-electron chi connectivity index (χ4n) is 5.88. The number of nitrogens with one attached hydrogen (secondary N) is 2. The molecule has 11 nitrogen and oxygen atoms in total. The highest BCUT2D eigenvalue weighted by Crippen LogP contribution is 2.33. The highest BCUT2D eigenvalue weighted by Gasteiger charge is 2.48. The molecule has 3 aromatic rings. The van der Waals surface area contributed by atoms with E-state index in [2.05, 4.69) is 36.3 Å². The molecule has 220 valence electrons. The zero-order valence-electron chi connectivity index (χ0n) is 22.9. The van der Waals surface area contributed by atoms with Gasteiger partial charge in [0, 0.05) is 24.0 Å². The summed E-state index contributed by atoms with van der Waals surface area (Å²) in [6.45, 7) is 4.60. The molecule has 1 aliphatic heterocycles. The van der Waals surface area contributed by atoms with Gasteiger partial charge in [-0.1, -0.05) is 32.0 Å². The van der Waals surface area contributed by atoms with E-state index in [4.69, 9.17) is 9.47 Å². The van der Waals surface area contributed by atoms with Gasteiger partial charge in [-0.15, -0.1) is 0 Å². The molecule has 7 N–H and O–H groups in total. The van der Waals surface area contributed by atoms with E-state index in [1.54, 1.807) is 12.1 Å². The lowest BCUT2D eigenvalue weighted by molar-refractivity contribution is -0.270. The third kappa shape index (κ3) is 5.74. The fraction of sp³-hybridized carbons (Fsp3) is 0.467. The van der Waals surface area contributed by atoms with E-state index in [9.17, 15) is 35.1 Å². The molecule has 1 fully saturated rings. The van der Waals surface area contributed by atoms with E-state index in [-0.39, 0.29) is 23.9 Å². The highest BCUT2D eigenvalue weighted by atomic mass is 16.7. The second-order valence-corrected chi connectivity index (χ2v) is 10.7. The normalized spacial score (nSPS) is 25.3. The van der Waals surface area contributed by atoms with Crippen molar-refractivity contribution in [3.63, 3.8) is 0 Å².